The molecule has 3 aromatic rings. The predicted octanol–water partition coefficient (Wildman–Crippen LogP) is 3.14. The molecule has 1 aliphatic rings. The second-order valence-electron chi connectivity index (χ2n) is 6.46. The Bertz CT molecular complexity index is 888. The minimum absolute atomic E-state index is 0.0964. The number of aryl methyl sites for hydroxylation is 1. The highest BCUT2D eigenvalue weighted by Crippen LogP contribution is 2.39. The summed E-state index contributed by atoms with van der Waals surface area (Å²) in [7, 11) is 0. The highest BCUT2D eigenvalue weighted by atomic mass is 32.1. The summed E-state index contributed by atoms with van der Waals surface area (Å²) >= 11 is 1.76. The molecule has 7 heteroatoms. The molecular weight excluding hydrogens is 336 g/mol. The van der Waals surface area contributed by atoms with E-state index in [-0.39, 0.29) is 12.5 Å². The molecule has 3 aromatic heterocycles. The Morgan fingerprint density at radius 1 is 1.44 bits per heavy atom. The molecule has 4 rings (SSSR count). The second-order valence-corrected chi connectivity index (χ2v) is 7.55. The lowest BCUT2D eigenvalue weighted by molar-refractivity contribution is -0.119. The Morgan fingerprint density at radius 2 is 2.36 bits per heavy atom. The summed E-state index contributed by atoms with van der Waals surface area (Å²) in [5, 5.41) is 7.10. The van der Waals surface area contributed by atoms with E-state index in [1.165, 1.54) is 16.9 Å². The van der Waals surface area contributed by atoms with Crippen molar-refractivity contribution in [3.05, 3.63) is 40.9 Å². The summed E-state index contributed by atoms with van der Waals surface area (Å²) in [6, 6.07) is 3.64. The molecule has 6 nitrogen and oxygen atoms in total. The van der Waals surface area contributed by atoms with Gasteiger partial charge in [-0.1, -0.05) is 6.92 Å². The van der Waals surface area contributed by atoms with E-state index < -0.39 is 0 Å². The van der Waals surface area contributed by atoms with E-state index >= 15 is 0 Å². The van der Waals surface area contributed by atoms with Crippen molar-refractivity contribution < 1.29 is 9.21 Å². The molecule has 2 N–H and O–H groups in total. The summed E-state index contributed by atoms with van der Waals surface area (Å²) in [6.45, 7) is 2.85. The van der Waals surface area contributed by atoms with Crippen LogP contribution < -0.4 is 10.6 Å². The van der Waals surface area contributed by atoms with Crippen molar-refractivity contribution in [3.8, 4) is 0 Å². The van der Waals surface area contributed by atoms with Gasteiger partial charge in [0.1, 0.15) is 22.7 Å². The van der Waals surface area contributed by atoms with Crippen LogP contribution in [-0.2, 0) is 24.2 Å². The van der Waals surface area contributed by atoms with E-state index in [0.29, 0.717) is 6.54 Å². The molecule has 0 saturated carbocycles. The molecule has 1 atom stereocenters. The van der Waals surface area contributed by atoms with E-state index in [9.17, 15) is 4.79 Å². The topological polar surface area (TPSA) is 80.0 Å². The van der Waals surface area contributed by atoms with E-state index in [4.69, 9.17) is 4.42 Å². The minimum atomic E-state index is -0.0964. The lowest BCUT2D eigenvalue weighted by Gasteiger charge is -2.18. The minimum Gasteiger partial charge on any atom is -0.467 e. The Hall–Kier alpha value is -2.41. The predicted molar refractivity (Wildman–Crippen MR) is 97.6 cm³/mol. The first-order valence-corrected chi connectivity index (χ1v) is 9.30. The van der Waals surface area contributed by atoms with Gasteiger partial charge >= 0.3 is 0 Å². The number of hydrogen-bond acceptors (Lipinski definition) is 6. The first-order chi connectivity index (χ1) is 12.2. The van der Waals surface area contributed by atoms with Crippen molar-refractivity contribution in [1.82, 2.24) is 15.3 Å². The zero-order valence-corrected chi connectivity index (χ0v) is 14.9. The van der Waals surface area contributed by atoms with E-state index in [1.54, 1.807) is 30.0 Å². The van der Waals surface area contributed by atoms with Gasteiger partial charge < -0.3 is 15.1 Å². The molecule has 0 saturated heterocycles. The fraction of sp³-hybridized carbons (Fsp3) is 0.389. The van der Waals surface area contributed by atoms with Crippen molar-refractivity contribution in [1.29, 1.82) is 0 Å². The second kappa shape index (κ2) is 6.84. The number of amides is 1. The maximum atomic E-state index is 12.1. The van der Waals surface area contributed by atoms with Gasteiger partial charge in [-0.3, -0.25) is 4.79 Å². The Morgan fingerprint density at radius 3 is 3.20 bits per heavy atom. The number of carbonyl (C=O) groups is 1. The van der Waals surface area contributed by atoms with Crippen LogP contribution in [0.25, 0.3) is 10.2 Å². The summed E-state index contributed by atoms with van der Waals surface area (Å²) < 4.78 is 5.21. The van der Waals surface area contributed by atoms with E-state index in [0.717, 1.165) is 40.6 Å². The molecule has 0 bridgehead atoms. The van der Waals surface area contributed by atoms with Crippen LogP contribution in [0, 0.1) is 5.92 Å². The van der Waals surface area contributed by atoms with Crippen molar-refractivity contribution in [2.75, 3.05) is 11.9 Å². The molecule has 1 amide bonds. The molecule has 0 aliphatic heterocycles. The molecule has 130 valence electrons. The summed E-state index contributed by atoms with van der Waals surface area (Å²) in [5.74, 6) is 2.11. The number of carbonyl (C=O) groups excluding carboxylic acids is 1. The van der Waals surface area contributed by atoms with Crippen LogP contribution in [0.15, 0.2) is 29.1 Å². The average molecular weight is 356 g/mol. The largest absolute Gasteiger partial charge is 0.467 e. The number of anilines is 1. The van der Waals surface area contributed by atoms with Crippen LogP contribution in [0.1, 0.15) is 29.5 Å². The first-order valence-electron chi connectivity index (χ1n) is 8.49. The molecule has 1 unspecified atom stereocenters. The van der Waals surface area contributed by atoms with E-state index in [1.807, 2.05) is 6.07 Å². The molecular formula is C18H20N4O2S. The van der Waals surface area contributed by atoms with Crippen molar-refractivity contribution in [2.24, 2.45) is 5.92 Å². The lowest BCUT2D eigenvalue weighted by Crippen LogP contribution is -2.29. The van der Waals surface area contributed by atoms with Crippen molar-refractivity contribution >= 4 is 33.3 Å². The number of hydrogen-bond donors (Lipinski definition) is 2. The van der Waals surface area contributed by atoms with Gasteiger partial charge in [-0.25, -0.2) is 9.97 Å². The van der Waals surface area contributed by atoms with Gasteiger partial charge in [0.25, 0.3) is 0 Å². The van der Waals surface area contributed by atoms with Crippen molar-refractivity contribution in [3.63, 3.8) is 0 Å². The van der Waals surface area contributed by atoms with Gasteiger partial charge in [0.15, 0.2) is 0 Å². The number of rotatable bonds is 5. The highest BCUT2D eigenvalue weighted by Gasteiger charge is 2.23. The number of fused-ring (bicyclic) bond motifs is 3. The Labute approximate surface area is 149 Å². The fourth-order valence-electron chi connectivity index (χ4n) is 3.23. The van der Waals surface area contributed by atoms with Gasteiger partial charge in [-0.05, 0) is 42.9 Å². The van der Waals surface area contributed by atoms with Crippen LogP contribution in [0.5, 0.6) is 0 Å². The van der Waals surface area contributed by atoms with Crippen LogP contribution in [0.3, 0.4) is 0 Å². The van der Waals surface area contributed by atoms with Crippen LogP contribution >= 0.6 is 11.3 Å². The molecule has 0 aromatic carbocycles. The molecule has 1 aliphatic carbocycles. The van der Waals surface area contributed by atoms with Gasteiger partial charge in [0, 0.05) is 4.88 Å². The third-order valence-electron chi connectivity index (χ3n) is 4.55. The average Bonchev–Trinajstić information content (AvgIpc) is 3.24. The van der Waals surface area contributed by atoms with Gasteiger partial charge in [0.05, 0.1) is 24.7 Å². The summed E-state index contributed by atoms with van der Waals surface area (Å²) in [5.41, 5.74) is 1.36. The summed E-state index contributed by atoms with van der Waals surface area (Å²) in [6.07, 6.45) is 6.52. The van der Waals surface area contributed by atoms with Crippen LogP contribution in [-0.4, -0.2) is 22.4 Å². The number of nitrogens with one attached hydrogen (secondary N) is 2. The van der Waals surface area contributed by atoms with Crippen LogP contribution in [0.4, 0.5) is 5.82 Å². The van der Waals surface area contributed by atoms with Crippen molar-refractivity contribution in [2.45, 2.75) is 32.7 Å². The van der Waals surface area contributed by atoms with Gasteiger partial charge in [0.2, 0.25) is 5.91 Å². The third kappa shape index (κ3) is 3.37. The fourth-order valence-corrected chi connectivity index (χ4v) is 4.58. The molecule has 0 spiro atoms. The molecule has 3 heterocycles. The molecule has 25 heavy (non-hydrogen) atoms. The standard InChI is InChI=1S/C18H20N4O2S/c1-11-4-5-13-14(7-11)25-18-16(13)17(21-10-22-18)20-9-15(23)19-8-12-3-2-6-24-12/h2-3,6,10-11H,4-5,7-9H2,1H3,(H,19,23)(H,20,21,22). The number of aromatic nitrogens is 2. The third-order valence-corrected chi connectivity index (χ3v) is 5.71. The van der Waals surface area contributed by atoms with E-state index in [2.05, 4.69) is 27.5 Å². The zero-order chi connectivity index (χ0) is 17.2. The summed E-state index contributed by atoms with van der Waals surface area (Å²) in [4.78, 5) is 23.3. The number of furan rings is 1. The van der Waals surface area contributed by atoms with Gasteiger partial charge in [-0.15, -0.1) is 11.3 Å². The quantitative estimate of drug-likeness (QED) is 0.734. The molecule has 0 radical (unpaired) electrons. The Balaban J connectivity index is 1.47. The van der Waals surface area contributed by atoms with Crippen LogP contribution in [0.2, 0.25) is 0 Å². The molecule has 0 fully saturated rings. The number of nitrogens with zero attached hydrogens (tertiary/aromatic N) is 2. The van der Waals surface area contributed by atoms with Gasteiger partial charge in [-0.2, -0.15) is 0 Å². The number of thiophene rings is 1. The lowest BCUT2D eigenvalue weighted by atomic mass is 9.89. The monoisotopic (exact) mass is 356 g/mol. The zero-order valence-electron chi connectivity index (χ0n) is 14.0. The highest BCUT2D eigenvalue weighted by molar-refractivity contribution is 7.19. The smallest absolute Gasteiger partial charge is 0.239 e. The normalized spacial score (nSPS) is 16.6. The maximum absolute atomic E-state index is 12.1. The Kier molecular flexibility index (Phi) is 4.40. The SMILES string of the molecule is CC1CCc2c(sc3ncnc(NCC(=O)NCc4ccco4)c23)C1. The maximum Gasteiger partial charge on any atom is 0.239 e. The first kappa shape index (κ1) is 16.1.